The number of anilines is 1. The third kappa shape index (κ3) is 3.10. The molecule has 0 saturated carbocycles. The fourth-order valence-electron chi connectivity index (χ4n) is 1.90. The van der Waals surface area contributed by atoms with Crippen molar-refractivity contribution in [2.75, 3.05) is 11.9 Å². The maximum Gasteiger partial charge on any atom is 0.416 e. The summed E-state index contributed by atoms with van der Waals surface area (Å²) >= 11 is 0. The minimum absolute atomic E-state index is 0.386. The normalized spacial score (nSPS) is 13.7. The molecule has 0 aliphatic heterocycles. The number of aryl methyl sites for hydroxylation is 3. The molecule has 0 radical (unpaired) electrons. The number of aromatic nitrogens is 3. The zero-order valence-corrected chi connectivity index (χ0v) is 12.0. The van der Waals surface area contributed by atoms with Gasteiger partial charge in [-0.3, -0.25) is 0 Å². The topological polar surface area (TPSA) is 62.5 Å². The number of halogens is 3. The van der Waals surface area contributed by atoms with Crippen molar-refractivity contribution in [1.29, 1.82) is 0 Å². The van der Waals surface area contributed by atoms with Crippen molar-refractivity contribution in [2.45, 2.75) is 39.5 Å². The first-order valence-corrected chi connectivity index (χ1v) is 6.58. The molecule has 0 saturated heterocycles. The molecule has 116 valence electrons. The van der Waals surface area contributed by atoms with E-state index in [0.29, 0.717) is 17.9 Å². The summed E-state index contributed by atoms with van der Waals surface area (Å²) in [7, 11) is 0. The molecule has 0 aliphatic carbocycles. The van der Waals surface area contributed by atoms with Gasteiger partial charge in [-0.05, 0) is 20.3 Å². The lowest BCUT2D eigenvalue weighted by atomic mass is 10.2. The summed E-state index contributed by atoms with van der Waals surface area (Å²) in [5.74, 6) is 0.386. The van der Waals surface area contributed by atoms with Gasteiger partial charge in [-0.2, -0.15) is 22.8 Å². The van der Waals surface area contributed by atoms with Gasteiger partial charge in [0.1, 0.15) is 5.82 Å². The maximum atomic E-state index is 12.4. The fourth-order valence-corrected chi connectivity index (χ4v) is 1.90. The molecule has 0 spiro atoms. The fraction of sp³-hybridized carbons (Fsp3) is 0.538. The molecule has 0 fully saturated rings. The summed E-state index contributed by atoms with van der Waals surface area (Å²) in [4.78, 5) is 4.43. The Bertz CT molecular complexity index is 651. The van der Waals surface area contributed by atoms with Gasteiger partial charge in [-0.25, -0.2) is 4.98 Å². The molecule has 2 N–H and O–H groups in total. The van der Waals surface area contributed by atoms with Crippen LogP contribution in [0.25, 0.3) is 5.65 Å². The molecule has 0 aliphatic rings. The van der Waals surface area contributed by atoms with E-state index in [2.05, 4.69) is 15.4 Å². The number of alkyl halides is 3. The third-order valence-electron chi connectivity index (χ3n) is 3.33. The Balaban J connectivity index is 2.36. The minimum Gasteiger partial charge on any atom is -0.382 e. The zero-order chi connectivity index (χ0) is 15.8. The third-order valence-corrected chi connectivity index (χ3v) is 3.33. The second-order valence-corrected chi connectivity index (χ2v) is 4.87. The highest BCUT2D eigenvalue weighted by atomic mass is 19.4. The molecule has 8 heteroatoms. The Labute approximate surface area is 119 Å². The highest BCUT2D eigenvalue weighted by Crippen LogP contribution is 2.22. The molecular formula is C13H17F3N4O. The number of aliphatic hydroxyl groups is 1. The second-order valence-electron chi connectivity index (χ2n) is 4.87. The smallest absolute Gasteiger partial charge is 0.382 e. The second kappa shape index (κ2) is 5.51. The van der Waals surface area contributed by atoms with E-state index in [1.165, 1.54) is 4.52 Å². The Morgan fingerprint density at radius 2 is 2.05 bits per heavy atom. The van der Waals surface area contributed by atoms with E-state index in [0.717, 1.165) is 17.0 Å². The number of nitrogens with one attached hydrogen (secondary N) is 1. The number of rotatable bonds is 4. The molecule has 2 aromatic heterocycles. The highest BCUT2D eigenvalue weighted by Gasteiger charge is 2.38. The van der Waals surface area contributed by atoms with Gasteiger partial charge in [0.25, 0.3) is 0 Å². The summed E-state index contributed by atoms with van der Waals surface area (Å²) in [5.41, 5.74) is 2.99. The van der Waals surface area contributed by atoms with Gasteiger partial charge in [0.05, 0.1) is 12.2 Å². The molecule has 0 aromatic carbocycles. The van der Waals surface area contributed by atoms with Crippen molar-refractivity contribution in [3.05, 3.63) is 23.0 Å². The molecule has 1 atom stereocenters. The predicted octanol–water partition coefficient (Wildman–Crippen LogP) is 2.24. The summed E-state index contributed by atoms with van der Waals surface area (Å²) < 4.78 is 38.5. The number of hydrogen-bond donors (Lipinski definition) is 2. The van der Waals surface area contributed by atoms with E-state index < -0.39 is 18.8 Å². The molecular weight excluding hydrogens is 285 g/mol. The van der Waals surface area contributed by atoms with E-state index in [-0.39, 0.29) is 0 Å². The van der Waals surface area contributed by atoms with Gasteiger partial charge < -0.3 is 10.4 Å². The summed E-state index contributed by atoms with van der Waals surface area (Å²) in [6, 6.07) is 1.64. The lowest BCUT2D eigenvalue weighted by Gasteiger charge is -2.16. The SMILES string of the molecule is CCc1cc(NC[C@@H](O)C(F)(F)F)n2nc(C)c(C)c2n1. The van der Waals surface area contributed by atoms with Crippen LogP contribution in [-0.4, -0.2) is 38.5 Å². The molecule has 0 unspecified atom stereocenters. The molecule has 0 amide bonds. The molecule has 2 rings (SSSR count). The van der Waals surface area contributed by atoms with Crippen molar-refractivity contribution in [3.63, 3.8) is 0 Å². The van der Waals surface area contributed by atoms with Crippen LogP contribution in [0, 0.1) is 13.8 Å². The van der Waals surface area contributed by atoms with Gasteiger partial charge in [-0.15, -0.1) is 0 Å². The molecule has 0 bridgehead atoms. The van der Waals surface area contributed by atoms with Gasteiger partial charge in [0.2, 0.25) is 0 Å². The van der Waals surface area contributed by atoms with Crippen LogP contribution in [0.15, 0.2) is 6.07 Å². The van der Waals surface area contributed by atoms with Crippen molar-refractivity contribution in [3.8, 4) is 0 Å². The first-order valence-electron chi connectivity index (χ1n) is 6.58. The van der Waals surface area contributed by atoms with E-state index in [4.69, 9.17) is 5.11 Å². The van der Waals surface area contributed by atoms with Crippen LogP contribution in [0.4, 0.5) is 19.0 Å². The van der Waals surface area contributed by atoms with Crippen LogP contribution in [0.3, 0.4) is 0 Å². The van der Waals surface area contributed by atoms with Gasteiger partial charge in [0.15, 0.2) is 11.8 Å². The first kappa shape index (κ1) is 15.6. The monoisotopic (exact) mass is 302 g/mol. The van der Waals surface area contributed by atoms with Gasteiger partial charge >= 0.3 is 6.18 Å². The molecule has 21 heavy (non-hydrogen) atoms. The standard InChI is InChI=1S/C13H17F3N4O/c1-4-9-5-11(17-6-10(21)13(14,15)16)20-12(18-9)7(2)8(3)19-20/h5,10,17,21H,4,6H2,1-3H3/t10-/m1/s1. The largest absolute Gasteiger partial charge is 0.416 e. The van der Waals surface area contributed by atoms with Crippen LogP contribution in [0.1, 0.15) is 23.9 Å². The van der Waals surface area contributed by atoms with Crippen LogP contribution < -0.4 is 5.32 Å². The quantitative estimate of drug-likeness (QED) is 0.909. The Morgan fingerprint density at radius 3 is 2.62 bits per heavy atom. The van der Waals surface area contributed by atoms with Crippen molar-refractivity contribution >= 4 is 11.5 Å². The highest BCUT2D eigenvalue weighted by molar-refractivity contribution is 5.56. The van der Waals surface area contributed by atoms with E-state index in [9.17, 15) is 13.2 Å². The average molecular weight is 302 g/mol. The van der Waals surface area contributed by atoms with Crippen LogP contribution >= 0.6 is 0 Å². The van der Waals surface area contributed by atoms with Crippen LogP contribution in [0.5, 0.6) is 0 Å². The van der Waals surface area contributed by atoms with Crippen molar-refractivity contribution in [2.24, 2.45) is 0 Å². The number of aliphatic hydroxyl groups excluding tert-OH is 1. The number of fused-ring (bicyclic) bond motifs is 1. The first-order chi connectivity index (χ1) is 9.74. The Hall–Kier alpha value is -1.83. The number of nitrogens with zero attached hydrogens (tertiary/aromatic N) is 3. The van der Waals surface area contributed by atoms with E-state index >= 15 is 0 Å². The van der Waals surface area contributed by atoms with Gasteiger partial charge in [-0.1, -0.05) is 6.92 Å². The van der Waals surface area contributed by atoms with E-state index in [1.54, 1.807) is 6.07 Å². The Kier molecular flexibility index (Phi) is 4.08. The molecule has 2 aromatic rings. The summed E-state index contributed by atoms with van der Waals surface area (Å²) in [6.45, 7) is 4.94. The average Bonchev–Trinajstić information content (AvgIpc) is 2.70. The van der Waals surface area contributed by atoms with Crippen molar-refractivity contribution in [1.82, 2.24) is 14.6 Å². The Morgan fingerprint density at radius 1 is 1.38 bits per heavy atom. The minimum atomic E-state index is -4.65. The van der Waals surface area contributed by atoms with Gasteiger partial charge in [0, 0.05) is 17.3 Å². The molecule has 5 nitrogen and oxygen atoms in total. The summed E-state index contributed by atoms with van der Waals surface area (Å²) in [6.07, 6.45) is -6.43. The van der Waals surface area contributed by atoms with Crippen LogP contribution in [-0.2, 0) is 6.42 Å². The zero-order valence-electron chi connectivity index (χ0n) is 12.0. The van der Waals surface area contributed by atoms with Crippen molar-refractivity contribution < 1.29 is 18.3 Å². The molecule has 2 heterocycles. The van der Waals surface area contributed by atoms with Crippen LogP contribution in [0.2, 0.25) is 0 Å². The number of hydrogen-bond acceptors (Lipinski definition) is 4. The lowest BCUT2D eigenvalue weighted by Crippen LogP contribution is -2.35. The maximum absolute atomic E-state index is 12.4. The lowest BCUT2D eigenvalue weighted by molar-refractivity contribution is -0.198. The van der Waals surface area contributed by atoms with E-state index in [1.807, 2.05) is 20.8 Å². The predicted molar refractivity (Wildman–Crippen MR) is 72.4 cm³/mol. The summed E-state index contributed by atoms with van der Waals surface area (Å²) in [5, 5.41) is 15.9.